The minimum absolute atomic E-state index is 0.154. The van der Waals surface area contributed by atoms with E-state index in [9.17, 15) is 4.79 Å². The number of nitrogens with zero attached hydrogens (tertiary/aromatic N) is 3. The molecule has 7 heteroatoms. The molecule has 0 aliphatic carbocycles. The molecule has 0 radical (unpaired) electrons. The average Bonchev–Trinajstić information content (AvgIpc) is 3.13. The highest BCUT2D eigenvalue weighted by molar-refractivity contribution is 6.01. The molecule has 0 saturated heterocycles. The zero-order chi connectivity index (χ0) is 13.1. The number of aromatic nitrogens is 4. The summed E-state index contributed by atoms with van der Waals surface area (Å²) in [4.78, 5) is 19.6. The molecule has 2 aromatic heterocycles. The molecule has 0 spiro atoms. The van der Waals surface area contributed by atoms with Crippen molar-refractivity contribution in [3.63, 3.8) is 0 Å². The SMILES string of the molecule is O=C(Nc1cccc(-c2ncco2)c1)c1ncn[nH]1. The lowest BCUT2D eigenvalue weighted by molar-refractivity contribution is 0.101. The summed E-state index contributed by atoms with van der Waals surface area (Å²) in [5.74, 6) is 0.291. The van der Waals surface area contributed by atoms with Gasteiger partial charge < -0.3 is 9.73 Å². The molecular weight excluding hydrogens is 246 g/mol. The first-order valence-corrected chi connectivity index (χ1v) is 5.49. The van der Waals surface area contributed by atoms with Gasteiger partial charge in [0.05, 0.1) is 6.20 Å². The molecule has 3 rings (SSSR count). The molecular formula is C12H9N5O2. The Morgan fingerprint density at radius 1 is 1.32 bits per heavy atom. The van der Waals surface area contributed by atoms with Crippen molar-refractivity contribution < 1.29 is 9.21 Å². The van der Waals surface area contributed by atoms with Crippen molar-refractivity contribution in [2.24, 2.45) is 0 Å². The van der Waals surface area contributed by atoms with Crippen molar-refractivity contribution in [1.82, 2.24) is 20.2 Å². The highest BCUT2D eigenvalue weighted by Crippen LogP contribution is 2.20. The van der Waals surface area contributed by atoms with Gasteiger partial charge in [-0.25, -0.2) is 9.97 Å². The van der Waals surface area contributed by atoms with Crippen molar-refractivity contribution in [3.05, 3.63) is 48.9 Å². The summed E-state index contributed by atoms with van der Waals surface area (Å²) in [6.45, 7) is 0. The number of carbonyl (C=O) groups excluding carboxylic acids is 1. The average molecular weight is 255 g/mol. The molecule has 3 aromatic rings. The number of amides is 1. The van der Waals surface area contributed by atoms with Gasteiger partial charge in [0.15, 0.2) is 0 Å². The van der Waals surface area contributed by atoms with Gasteiger partial charge >= 0.3 is 0 Å². The van der Waals surface area contributed by atoms with Gasteiger partial charge in [-0.1, -0.05) is 6.07 Å². The maximum Gasteiger partial charge on any atom is 0.292 e. The number of hydrogen-bond acceptors (Lipinski definition) is 5. The minimum Gasteiger partial charge on any atom is -0.445 e. The standard InChI is InChI=1S/C12H9N5O2/c18-11(10-14-7-15-17-10)16-9-3-1-2-8(6-9)12-13-4-5-19-12/h1-7H,(H,16,18)(H,14,15,17). The maximum atomic E-state index is 11.8. The lowest BCUT2D eigenvalue weighted by Gasteiger charge is -2.04. The molecule has 19 heavy (non-hydrogen) atoms. The van der Waals surface area contributed by atoms with Crippen LogP contribution in [-0.4, -0.2) is 26.1 Å². The van der Waals surface area contributed by atoms with Gasteiger partial charge in [0.2, 0.25) is 11.7 Å². The van der Waals surface area contributed by atoms with Crippen LogP contribution in [0.3, 0.4) is 0 Å². The highest BCUT2D eigenvalue weighted by Gasteiger charge is 2.10. The number of anilines is 1. The predicted molar refractivity (Wildman–Crippen MR) is 66.3 cm³/mol. The van der Waals surface area contributed by atoms with Crippen molar-refractivity contribution in [1.29, 1.82) is 0 Å². The Morgan fingerprint density at radius 2 is 2.26 bits per heavy atom. The van der Waals surface area contributed by atoms with E-state index in [2.05, 4.69) is 25.5 Å². The molecule has 94 valence electrons. The Hall–Kier alpha value is -2.96. The van der Waals surface area contributed by atoms with Gasteiger partial charge in [-0.3, -0.25) is 9.89 Å². The molecule has 0 aliphatic heterocycles. The number of nitrogens with one attached hydrogen (secondary N) is 2. The number of rotatable bonds is 3. The Kier molecular flexibility index (Phi) is 2.77. The fourth-order valence-corrected chi connectivity index (χ4v) is 1.60. The second-order valence-electron chi connectivity index (χ2n) is 3.71. The van der Waals surface area contributed by atoms with Crippen LogP contribution in [0.4, 0.5) is 5.69 Å². The van der Waals surface area contributed by atoms with E-state index in [0.29, 0.717) is 11.6 Å². The normalized spacial score (nSPS) is 10.3. The van der Waals surface area contributed by atoms with E-state index in [4.69, 9.17) is 4.42 Å². The number of benzene rings is 1. The summed E-state index contributed by atoms with van der Waals surface area (Å²) in [5, 5.41) is 8.82. The molecule has 0 fully saturated rings. The quantitative estimate of drug-likeness (QED) is 0.742. The molecule has 1 amide bonds. The van der Waals surface area contributed by atoms with E-state index in [1.807, 2.05) is 6.07 Å². The Balaban J connectivity index is 1.82. The maximum absolute atomic E-state index is 11.8. The van der Waals surface area contributed by atoms with Crippen LogP contribution in [-0.2, 0) is 0 Å². The zero-order valence-corrected chi connectivity index (χ0v) is 9.70. The van der Waals surface area contributed by atoms with Crippen LogP contribution < -0.4 is 5.32 Å². The third kappa shape index (κ3) is 2.34. The summed E-state index contributed by atoms with van der Waals surface area (Å²) in [6, 6.07) is 7.17. The summed E-state index contributed by atoms with van der Waals surface area (Å²) in [7, 11) is 0. The highest BCUT2D eigenvalue weighted by atomic mass is 16.3. The minimum atomic E-state index is -0.359. The molecule has 2 heterocycles. The van der Waals surface area contributed by atoms with E-state index in [-0.39, 0.29) is 11.7 Å². The number of H-pyrrole nitrogens is 1. The predicted octanol–water partition coefficient (Wildman–Crippen LogP) is 1.71. The van der Waals surface area contributed by atoms with E-state index >= 15 is 0 Å². The van der Waals surface area contributed by atoms with Gasteiger partial charge in [-0.05, 0) is 18.2 Å². The second kappa shape index (κ2) is 4.73. The van der Waals surface area contributed by atoms with Gasteiger partial charge in [0.25, 0.3) is 5.91 Å². The molecule has 0 aliphatic rings. The topological polar surface area (TPSA) is 96.7 Å². The van der Waals surface area contributed by atoms with Crippen LogP contribution in [0.25, 0.3) is 11.5 Å². The van der Waals surface area contributed by atoms with E-state index in [1.165, 1.54) is 12.6 Å². The fraction of sp³-hybridized carbons (Fsp3) is 0. The molecule has 0 atom stereocenters. The molecule has 2 N–H and O–H groups in total. The van der Waals surface area contributed by atoms with Crippen LogP contribution in [0, 0.1) is 0 Å². The van der Waals surface area contributed by atoms with Gasteiger partial charge in [-0.15, -0.1) is 0 Å². The second-order valence-corrected chi connectivity index (χ2v) is 3.71. The largest absolute Gasteiger partial charge is 0.445 e. The molecule has 0 saturated carbocycles. The summed E-state index contributed by atoms with van der Waals surface area (Å²) < 4.78 is 5.20. The van der Waals surface area contributed by atoms with Crippen molar-refractivity contribution >= 4 is 11.6 Å². The first kappa shape index (κ1) is 11.1. The smallest absolute Gasteiger partial charge is 0.292 e. The Labute approximate surface area is 107 Å². The van der Waals surface area contributed by atoms with E-state index in [0.717, 1.165) is 5.56 Å². The van der Waals surface area contributed by atoms with Gasteiger partial charge in [0.1, 0.15) is 12.6 Å². The van der Waals surface area contributed by atoms with E-state index < -0.39 is 0 Å². The van der Waals surface area contributed by atoms with Crippen molar-refractivity contribution in [2.45, 2.75) is 0 Å². The summed E-state index contributed by atoms with van der Waals surface area (Å²) in [5.41, 5.74) is 1.40. The van der Waals surface area contributed by atoms with Crippen LogP contribution in [0.15, 0.2) is 47.5 Å². The first-order valence-electron chi connectivity index (χ1n) is 5.49. The summed E-state index contributed by atoms with van der Waals surface area (Å²) >= 11 is 0. The first-order chi connectivity index (χ1) is 9.33. The molecule has 1 aromatic carbocycles. The lowest BCUT2D eigenvalue weighted by Crippen LogP contribution is -2.13. The number of hydrogen-bond donors (Lipinski definition) is 2. The third-order valence-corrected chi connectivity index (χ3v) is 2.43. The van der Waals surface area contributed by atoms with Gasteiger partial charge in [-0.2, -0.15) is 5.10 Å². The third-order valence-electron chi connectivity index (χ3n) is 2.43. The van der Waals surface area contributed by atoms with Crippen molar-refractivity contribution in [2.75, 3.05) is 5.32 Å². The van der Waals surface area contributed by atoms with E-state index in [1.54, 1.807) is 24.4 Å². The fourth-order valence-electron chi connectivity index (χ4n) is 1.60. The lowest BCUT2D eigenvalue weighted by atomic mass is 10.2. The number of oxazole rings is 1. The monoisotopic (exact) mass is 255 g/mol. The van der Waals surface area contributed by atoms with Gasteiger partial charge in [0, 0.05) is 11.3 Å². The molecule has 0 unspecified atom stereocenters. The van der Waals surface area contributed by atoms with Crippen LogP contribution in [0.1, 0.15) is 10.6 Å². The Morgan fingerprint density at radius 3 is 3.00 bits per heavy atom. The Bertz CT molecular complexity index is 676. The number of aromatic amines is 1. The van der Waals surface area contributed by atoms with Crippen molar-refractivity contribution in [3.8, 4) is 11.5 Å². The van der Waals surface area contributed by atoms with Crippen LogP contribution >= 0.6 is 0 Å². The molecule has 7 nitrogen and oxygen atoms in total. The number of carbonyl (C=O) groups is 1. The summed E-state index contributed by atoms with van der Waals surface area (Å²) in [6.07, 6.45) is 4.34. The van der Waals surface area contributed by atoms with Crippen LogP contribution in [0.2, 0.25) is 0 Å². The zero-order valence-electron chi connectivity index (χ0n) is 9.70. The van der Waals surface area contributed by atoms with Crippen LogP contribution in [0.5, 0.6) is 0 Å². The molecule has 0 bridgehead atoms.